The van der Waals surface area contributed by atoms with Gasteiger partial charge in [0.2, 0.25) is 0 Å². The summed E-state index contributed by atoms with van der Waals surface area (Å²) in [4.78, 5) is 11.5. The van der Waals surface area contributed by atoms with E-state index in [1.165, 1.54) is 32.1 Å². The normalized spacial score (nSPS) is 17.5. The lowest BCUT2D eigenvalue weighted by Gasteiger charge is -2.34. The highest BCUT2D eigenvalue weighted by molar-refractivity contribution is 7.13. The van der Waals surface area contributed by atoms with Crippen LogP contribution in [0.25, 0.3) is 10.7 Å². The van der Waals surface area contributed by atoms with Gasteiger partial charge in [0.05, 0.1) is 17.5 Å². The summed E-state index contributed by atoms with van der Waals surface area (Å²) in [6, 6.07) is 6.49. The minimum absolute atomic E-state index is 0.300. The fourth-order valence-electron chi connectivity index (χ4n) is 3.32. The maximum atomic E-state index is 9.85. The van der Waals surface area contributed by atoms with Gasteiger partial charge < -0.3 is 5.11 Å². The first-order valence-electron chi connectivity index (χ1n) is 8.50. The van der Waals surface area contributed by atoms with Gasteiger partial charge in [-0.05, 0) is 31.9 Å². The fraction of sp³-hybridized carbons (Fsp3) is 0.556. The molecule has 0 spiro atoms. The highest BCUT2D eigenvalue weighted by atomic mass is 32.1. The van der Waals surface area contributed by atoms with E-state index in [-0.39, 0.29) is 6.10 Å². The van der Waals surface area contributed by atoms with E-state index < -0.39 is 0 Å². The Labute approximate surface area is 142 Å². The van der Waals surface area contributed by atoms with E-state index in [2.05, 4.69) is 15.3 Å². The molecule has 1 fully saturated rings. The molecule has 0 saturated heterocycles. The monoisotopic (exact) mass is 331 g/mol. The Morgan fingerprint density at radius 1 is 1.30 bits per heavy atom. The molecule has 1 aliphatic carbocycles. The van der Waals surface area contributed by atoms with Crippen molar-refractivity contribution in [2.75, 3.05) is 6.54 Å². The molecule has 0 bridgehead atoms. The maximum Gasteiger partial charge on any atom is 0.142 e. The second kappa shape index (κ2) is 7.99. The van der Waals surface area contributed by atoms with Gasteiger partial charge >= 0.3 is 0 Å². The third kappa shape index (κ3) is 4.59. The summed E-state index contributed by atoms with van der Waals surface area (Å²) in [6.07, 6.45) is 7.94. The summed E-state index contributed by atoms with van der Waals surface area (Å²) in [5.41, 5.74) is 2.02. The van der Waals surface area contributed by atoms with Crippen molar-refractivity contribution in [3.8, 4) is 10.7 Å². The third-order valence-corrected chi connectivity index (χ3v) is 5.30. The van der Waals surface area contributed by atoms with Gasteiger partial charge in [-0.3, -0.25) is 9.88 Å². The Morgan fingerprint density at radius 3 is 2.83 bits per heavy atom. The van der Waals surface area contributed by atoms with Crippen LogP contribution < -0.4 is 0 Å². The third-order valence-electron chi connectivity index (χ3n) is 4.39. The lowest BCUT2D eigenvalue weighted by Crippen LogP contribution is -2.40. The molecule has 0 radical (unpaired) electrons. The van der Waals surface area contributed by atoms with Crippen molar-refractivity contribution in [1.29, 1.82) is 0 Å². The second-order valence-electron chi connectivity index (χ2n) is 6.43. The molecule has 2 heterocycles. The standard InChI is InChI=1S/C18H25N3OS/c1-14(22)11-21(16-7-3-2-4-8-16)12-15-13-23-18(20-15)17-9-5-6-10-19-17/h5-6,9-10,13-14,16,22H,2-4,7-8,11-12H2,1H3. The van der Waals surface area contributed by atoms with Gasteiger partial charge in [-0.2, -0.15) is 0 Å². The van der Waals surface area contributed by atoms with E-state index in [0.29, 0.717) is 6.04 Å². The fourth-order valence-corrected chi connectivity index (χ4v) is 4.11. The zero-order valence-electron chi connectivity index (χ0n) is 13.7. The quantitative estimate of drug-likeness (QED) is 0.876. The molecule has 4 nitrogen and oxygen atoms in total. The van der Waals surface area contributed by atoms with Gasteiger partial charge in [-0.15, -0.1) is 11.3 Å². The minimum Gasteiger partial charge on any atom is -0.392 e. The molecule has 1 aliphatic rings. The Balaban J connectivity index is 1.70. The summed E-state index contributed by atoms with van der Waals surface area (Å²) in [5, 5.41) is 12.9. The average Bonchev–Trinajstić information content (AvgIpc) is 3.04. The van der Waals surface area contributed by atoms with E-state index in [1.54, 1.807) is 17.5 Å². The van der Waals surface area contributed by atoms with Gasteiger partial charge in [0, 0.05) is 30.7 Å². The molecule has 124 valence electrons. The van der Waals surface area contributed by atoms with Crippen LogP contribution in [0.1, 0.15) is 44.7 Å². The summed E-state index contributed by atoms with van der Waals surface area (Å²) >= 11 is 1.65. The molecule has 1 N–H and O–H groups in total. The molecule has 0 aromatic carbocycles. The van der Waals surface area contributed by atoms with E-state index in [9.17, 15) is 5.11 Å². The summed E-state index contributed by atoms with van der Waals surface area (Å²) in [5.74, 6) is 0. The molecular formula is C18H25N3OS. The molecule has 1 unspecified atom stereocenters. The van der Waals surface area contributed by atoms with Gasteiger partial charge in [0.25, 0.3) is 0 Å². The van der Waals surface area contributed by atoms with Gasteiger partial charge in [0.1, 0.15) is 5.01 Å². The number of pyridine rings is 1. The number of aliphatic hydroxyl groups is 1. The van der Waals surface area contributed by atoms with E-state index in [4.69, 9.17) is 4.98 Å². The number of aliphatic hydroxyl groups excluding tert-OH is 1. The van der Waals surface area contributed by atoms with Crippen molar-refractivity contribution < 1.29 is 5.11 Å². The molecule has 3 rings (SSSR count). The topological polar surface area (TPSA) is 49.2 Å². The molecule has 1 atom stereocenters. The number of hydrogen-bond donors (Lipinski definition) is 1. The highest BCUT2D eigenvalue weighted by Crippen LogP contribution is 2.26. The van der Waals surface area contributed by atoms with Crippen molar-refractivity contribution in [1.82, 2.24) is 14.9 Å². The van der Waals surface area contributed by atoms with Crippen LogP contribution in [0, 0.1) is 0 Å². The lowest BCUT2D eigenvalue weighted by atomic mass is 9.94. The van der Waals surface area contributed by atoms with Crippen LogP contribution in [0.3, 0.4) is 0 Å². The Kier molecular flexibility index (Phi) is 5.75. The van der Waals surface area contributed by atoms with Gasteiger partial charge in [0.15, 0.2) is 0 Å². The van der Waals surface area contributed by atoms with Crippen LogP contribution in [0.4, 0.5) is 0 Å². The summed E-state index contributed by atoms with van der Waals surface area (Å²) in [7, 11) is 0. The zero-order chi connectivity index (χ0) is 16.1. The Morgan fingerprint density at radius 2 is 2.13 bits per heavy atom. The molecule has 5 heteroatoms. The first-order chi connectivity index (χ1) is 11.2. The van der Waals surface area contributed by atoms with Gasteiger partial charge in [-0.1, -0.05) is 25.3 Å². The van der Waals surface area contributed by atoms with Crippen molar-refractivity contribution >= 4 is 11.3 Å². The summed E-state index contributed by atoms with van der Waals surface area (Å²) < 4.78 is 0. The second-order valence-corrected chi connectivity index (χ2v) is 7.29. The van der Waals surface area contributed by atoms with E-state index >= 15 is 0 Å². The number of rotatable bonds is 6. The molecule has 1 saturated carbocycles. The molecule has 2 aromatic rings. The maximum absolute atomic E-state index is 9.85. The zero-order valence-corrected chi connectivity index (χ0v) is 14.5. The van der Waals surface area contributed by atoms with Crippen LogP contribution in [-0.2, 0) is 6.54 Å². The molecule has 0 amide bonds. The smallest absolute Gasteiger partial charge is 0.142 e. The number of aromatic nitrogens is 2. The first-order valence-corrected chi connectivity index (χ1v) is 9.38. The van der Waals surface area contributed by atoms with Crippen LogP contribution in [0.5, 0.6) is 0 Å². The van der Waals surface area contributed by atoms with Crippen LogP contribution >= 0.6 is 11.3 Å². The predicted octanol–water partition coefficient (Wildman–Crippen LogP) is 3.72. The lowest BCUT2D eigenvalue weighted by molar-refractivity contribution is 0.0761. The summed E-state index contributed by atoms with van der Waals surface area (Å²) in [6.45, 7) is 3.41. The molecule has 0 aliphatic heterocycles. The van der Waals surface area contributed by atoms with Crippen molar-refractivity contribution in [2.45, 2.75) is 57.7 Å². The van der Waals surface area contributed by atoms with Crippen molar-refractivity contribution in [2.24, 2.45) is 0 Å². The van der Waals surface area contributed by atoms with Crippen molar-refractivity contribution in [3.05, 3.63) is 35.5 Å². The highest BCUT2D eigenvalue weighted by Gasteiger charge is 2.23. The number of hydrogen-bond acceptors (Lipinski definition) is 5. The minimum atomic E-state index is -0.300. The van der Waals surface area contributed by atoms with Gasteiger partial charge in [-0.25, -0.2) is 4.98 Å². The SMILES string of the molecule is CC(O)CN(Cc1csc(-c2ccccn2)n1)C1CCCCC1. The largest absolute Gasteiger partial charge is 0.392 e. The van der Waals surface area contributed by atoms with Crippen LogP contribution in [0.2, 0.25) is 0 Å². The number of nitrogens with zero attached hydrogens (tertiary/aromatic N) is 3. The average molecular weight is 331 g/mol. The Hall–Kier alpha value is -1.30. The molecular weight excluding hydrogens is 306 g/mol. The number of thiazole rings is 1. The van der Waals surface area contributed by atoms with E-state index in [0.717, 1.165) is 29.5 Å². The van der Waals surface area contributed by atoms with Crippen LogP contribution in [0.15, 0.2) is 29.8 Å². The van der Waals surface area contributed by atoms with Crippen molar-refractivity contribution in [3.63, 3.8) is 0 Å². The Bertz CT molecular complexity index is 593. The molecule has 2 aromatic heterocycles. The van der Waals surface area contributed by atoms with Crippen LogP contribution in [-0.4, -0.2) is 38.7 Å². The predicted molar refractivity (Wildman–Crippen MR) is 94.3 cm³/mol. The van der Waals surface area contributed by atoms with E-state index in [1.807, 2.05) is 25.1 Å². The molecule has 23 heavy (non-hydrogen) atoms. The first kappa shape index (κ1) is 16.6.